The van der Waals surface area contributed by atoms with E-state index in [1.807, 2.05) is 0 Å². The first-order chi connectivity index (χ1) is 9.33. The third kappa shape index (κ3) is 5.15. The summed E-state index contributed by atoms with van der Waals surface area (Å²) < 4.78 is 9.40. The van der Waals surface area contributed by atoms with Gasteiger partial charge in [0.1, 0.15) is 5.60 Å². The summed E-state index contributed by atoms with van der Waals surface area (Å²) in [5, 5.41) is 0.710. The monoisotopic (exact) mass is 283 g/mol. The van der Waals surface area contributed by atoms with Gasteiger partial charge in [0, 0.05) is 0 Å². The Morgan fingerprint density at radius 2 is 1.70 bits per heavy atom. The Kier molecular flexibility index (Phi) is 5.33. The maximum absolute atomic E-state index is 12.0. The van der Waals surface area contributed by atoms with E-state index in [2.05, 4.69) is 14.6 Å². The first-order valence-corrected chi connectivity index (χ1v) is 5.84. The summed E-state index contributed by atoms with van der Waals surface area (Å²) >= 11 is 0. The molecule has 7 heteroatoms. The lowest BCUT2D eigenvalue weighted by molar-refractivity contribution is -0.257. The number of para-hydroxylation sites is 1. The number of hydrogen-bond acceptors (Lipinski definition) is 6. The molecule has 0 spiro atoms. The number of benzene rings is 1. The Labute approximate surface area is 116 Å². The van der Waals surface area contributed by atoms with E-state index in [9.17, 15) is 9.59 Å². The Bertz CT molecular complexity index is 454. The van der Waals surface area contributed by atoms with Gasteiger partial charge in [0.15, 0.2) is 0 Å². The number of carbonyl (C=O) groups is 2. The zero-order chi connectivity index (χ0) is 15.2. The van der Waals surface area contributed by atoms with Crippen LogP contribution in [0.1, 0.15) is 20.8 Å². The number of rotatable bonds is 3. The maximum Gasteiger partial charge on any atom is 0.541 e. The van der Waals surface area contributed by atoms with Crippen LogP contribution < -0.4 is 5.06 Å². The number of amides is 1. The molecule has 110 valence electrons. The molecule has 0 aliphatic rings. The van der Waals surface area contributed by atoms with Crippen LogP contribution in [0.2, 0.25) is 0 Å². The SMILES string of the molecule is COC(=O)OON(C(=O)OC(C)(C)C)c1ccccc1. The van der Waals surface area contributed by atoms with Crippen LogP contribution in [0.3, 0.4) is 0 Å². The van der Waals surface area contributed by atoms with Gasteiger partial charge in [-0.1, -0.05) is 18.2 Å². The third-order valence-electron chi connectivity index (χ3n) is 1.90. The fraction of sp³-hybridized carbons (Fsp3) is 0.385. The lowest BCUT2D eigenvalue weighted by Gasteiger charge is -2.24. The minimum atomic E-state index is -1.09. The van der Waals surface area contributed by atoms with Crippen molar-refractivity contribution >= 4 is 17.9 Å². The van der Waals surface area contributed by atoms with Crippen molar-refractivity contribution in [1.82, 2.24) is 0 Å². The van der Waals surface area contributed by atoms with Gasteiger partial charge in [-0.15, -0.1) is 5.06 Å². The van der Waals surface area contributed by atoms with Crippen LogP contribution in [0.5, 0.6) is 0 Å². The lowest BCUT2D eigenvalue weighted by atomic mass is 10.2. The molecule has 0 N–H and O–H groups in total. The maximum atomic E-state index is 12.0. The molecule has 0 saturated heterocycles. The molecule has 0 heterocycles. The highest BCUT2D eigenvalue weighted by Crippen LogP contribution is 2.18. The van der Waals surface area contributed by atoms with Crippen LogP contribution in [-0.4, -0.2) is 25.0 Å². The van der Waals surface area contributed by atoms with Gasteiger partial charge in [0.2, 0.25) is 0 Å². The molecule has 1 amide bonds. The highest BCUT2D eigenvalue weighted by molar-refractivity contribution is 5.85. The molecule has 7 nitrogen and oxygen atoms in total. The van der Waals surface area contributed by atoms with E-state index in [1.165, 1.54) is 0 Å². The van der Waals surface area contributed by atoms with Crippen LogP contribution in [0.25, 0.3) is 0 Å². The van der Waals surface area contributed by atoms with Crippen LogP contribution >= 0.6 is 0 Å². The van der Waals surface area contributed by atoms with E-state index < -0.39 is 17.8 Å². The highest BCUT2D eigenvalue weighted by atomic mass is 17.3. The van der Waals surface area contributed by atoms with E-state index in [0.29, 0.717) is 10.8 Å². The molecular weight excluding hydrogens is 266 g/mol. The van der Waals surface area contributed by atoms with Gasteiger partial charge in [0.25, 0.3) is 0 Å². The van der Waals surface area contributed by atoms with E-state index >= 15 is 0 Å². The summed E-state index contributed by atoms with van der Waals surface area (Å²) in [4.78, 5) is 31.9. The topological polar surface area (TPSA) is 74.3 Å². The second-order valence-corrected chi connectivity index (χ2v) is 4.72. The molecule has 0 radical (unpaired) electrons. The quantitative estimate of drug-likeness (QED) is 0.482. The van der Waals surface area contributed by atoms with Crippen molar-refractivity contribution in [3.8, 4) is 0 Å². The van der Waals surface area contributed by atoms with E-state index in [1.54, 1.807) is 51.1 Å². The summed E-state index contributed by atoms with van der Waals surface area (Å²) in [5.74, 6) is 0. The molecule has 0 saturated carbocycles. The van der Waals surface area contributed by atoms with E-state index in [4.69, 9.17) is 4.74 Å². The zero-order valence-corrected chi connectivity index (χ0v) is 11.8. The third-order valence-corrected chi connectivity index (χ3v) is 1.90. The number of hydroxylamine groups is 1. The molecule has 0 aromatic heterocycles. The van der Waals surface area contributed by atoms with Gasteiger partial charge in [0.05, 0.1) is 12.8 Å². The first-order valence-electron chi connectivity index (χ1n) is 5.84. The molecule has 20 heavy (non-hydrogen) atoms. The second kappa shape index (κ2) is 6.76. The Morgan fingerprint density at radius 1 is 1.10 bits per heavy atom. The molecule has 1 aromatic carbocycles. The number of hydrogen-bond donors (Lipinski definition) is 0. The standard InChI is InChI=1S/C13H17NO6/c1-13(2,3)18-11(15)14(20-19-12(16)17-4)10-8-6-5-7-9-10/h5-9H,1-4H3. The van der Waals surface area contributed by atoms with Gasteiger partial charge in [-0.2, -0.15) is 0 Å². The average Bonchev–Trinajstić information content (AvgIpc) is 2.37. The van der Waals surface area contributed by atoms with Crippen LogP contribution in [0.15, 0.2) is 30.3 Å². The number of nitrogens with zero attached hydrogens (tertiary/aromatic N) is 1. The van der Waals surface area contributed by atoms with Gasteiger partial charge in [-0.25, -0.2) is 14.5 Å². The van der Waals surface area contributed by atoms with E-state index in [-0.39, 0.29) is 0 Å². The number of methoxy groups -OCH3 is 1. The summed E-state index contributed by atoms with van der Waals surface area (Å²) in [7, 11) is 1.12. The Balaban J connectivity index is 2.84. The van der Waals surface area contributed by atoms with Gasteiger partial charge >= 0.3 is 12.2 Å². The molecule has 0 unspecified atom stereocenters. The molecule has 0 aliphatic heterocycles. The lowest BCUT2D eigenvalue weighted by Crippen LogP contribution is -2.37. The van der Waals surface area contributed by atoms with Gasteiger partial charge < -0.3 is 9.47 Å². The van der Waals surface area contributed by atoms with Crippen molar-refractivity contribution in [2.75, 3.05) is 12.2 Å². The highest BCUT2D eigenvalue weighted by Gasteiger charge is 2.26. The number of anilines is 1. The summed E-state index contributed by atoms with van der Waals surface area (Å²) in [6, 6.07) is 8.31. The van der Waals surface area contributed by atoms with Crippen molar-refractivity contribution in [1.29, 1.82) is 0 Å². The van der Waals surface area contributed by atoms with Crippen molar-refractivity contribution in [2.45, 2.75) is 26.4 Å². The molecule has 0 aliphatic carbocycles. The van der Waals surface area contributed by atoms with Crippen molar-refractivity contribution in [2.24, 2.45) is 0 Å². The number of ether oxygens (including phenoxy) is 2. The summed E-state index contributed by atoms with van der Waals surface area (Å²) in [6.07, 6.45) is -1.91. The molecule has 0 bridgehead atoms. The smallest absolute Gasteiger partial charge is 0.442 e. The van der Waals surface area contributed by atoms with E-state index in [0.717, 1.165) is 7.11 Å². The number of carbonyl (C=O) groups excluding carboxylic acids is 2. The van der Waals surface area contributed by atoms with Crippen LogP contribution in [-0.2, 0) is 19.3 Å². The van der Waals surface area contributed by atoms with Crippen LogP contribution in [0, 0.1) is 0 Å². The van der Waals surface area contributed by atoms with Crippen molar-refractivity contribution in [3.63, 3.8) is 0 Å². The van der Waals surface area contributed by atoms with Crippen molar-refractivity contribution in [3.05, 3.63) is 30.3 Å². The van der Waals surface area contributed by atoms with Crippen LogP contribution in [0.4, 0.5) is 15.3 Å². The minimum Gasteiger partial charge on any atom is -0.442 e. The summed E-state index contributed by atoms with van der Waals surface area (Å²) in [6.45, 7) is 5.11. The zero-order valence-electron chi connectivity index (χ0n) is 11.8. The van der Waals surface area contributed by atoms with Gasteiger partial charge in [-0.3, -0.25) is 0 Å². The Morgan fingerprint density at radius 3 is 2.20 bits per heavy atom. The second-order valence-electron chi connectivity index (χ2n) is 4.72. The molecular formula is C13H17NO6. The molecule has 1 rings (SSSR count). The van der Waals surface area contributed by atoms with Gasteiger partial charge in [-0.05, 0) is 37.9 Å². The normalized spacial score (nSPS) is 10.6. The fourth-order valence-electron chi connectivity index (χ4n) is 1.15. The minimum absolute atomic E-state index is 0.339. The molecule has 0 fully saturated rings. The summed E-state index contributed by atoms with van der Waals surface area (Å²) in [5.41, 5.74) is -0.385. The molecule has 0 atom stereocenters. The predicted molar refractivity (Wildman–Crippen MR) is 69.7 cm³/mol. The first kappa shape index (κ1) is 15.8. The fourth-order valence-corrected chi connectivity index (χ4v) is 1.15. The largest absolute Gasteiger partial charge is 0.541 e. The van der Waals surface area contributed by atoms with Crippen molar-refractivity contribution < 1.29 is 28.9 Å². The molecule has 1 aromatic rings. The predicted octanol–water partition coefficient (Wildman–Crippen LogP) is 3.06. The average molecular weight is 283 g/mol. The Hall–Kier alpha value is -2.28.